The number of thioether (sulfide) groups is 1. The normalized spacial score (nSPS) is 10.4. The van der Waals surface area contributed by atoms with Crippen molar-refractivity contribution < 1.29 is 4.92 Å². The Morgan fingerprint density at radius 1 is 1.24 bits per heavy atom. The molecule has 2 aromatic rings. The van der Waals surface area contributed by atoms with Crippen LogP contribution in [0, 0.1) is 10.1 Å². The average Bonchev–Trinajstić information content (AvgIpc) is 2.47. The number of nitrogens with one attached hydrogen (secondary N) is 1. The fourth-order valence-corrected chi connectivity index (χ4v) is 2.97. The summed E-state index contributed by atoms with van der Waals surface area (Å²) in [7, 11) is 0. The second-order valence-corrected chi connectivity index (χ2v) is 6.35. The van der Waals surface area contributed by atoms with E-state index >= 15 is 0 Å². The fraction of sp³-hybridized carbons (Fsp3) is 0.200. The number of nitro benzene ring substituents is 1. The van der Waals surface area contributed by atoms with Crippen molar-refractivity contribution in [2.45, 2.75) is 17.6 Å². The zero-order valence-corrected chi connectivity index (χ0v) is 13.9. The first-order chi connectivity index (χ1) is 10.1. The average molecular weight is 367 g/mol. The predicted octanol–water partition coefficient (Wildman–Crippen LogP) is 5.08. The molecule has 0 unspecified atom stereocenters. The van der Waals surface area contributed by atoms with Gasteiger partial charge in [-0.15, -0.1) is 11.8 Å². The van der Waals surface area contributed by atoms with Crippen LogP contribution in [-0.4, -0.2) is 11.5 Å². The zero-order valence-electron chi connectivity index (χ0n) is 11.5. The second kappa shape index (κ2) is 7.47. The number of anilines is 1. The quantitative estimate of drug-likeness (QED) is 0.439. The number of nitrogens with zero attached hydrogens (tertiary/aromatic N) is 1. The molecule has 2 rings (SSSR count). The van der Waals surface area contributed by atoms with E-state index in [1.165, 1.54) is 4.90 Å². The molecule has 0 spiro atoms. The lowest BCUT2D eigenvalue weighted by Crippen LogP contribution is -2.01. The van der Waals surface area contributed by atoms with Gasteiger partial charge in [-0.3, -0.25) is 10.1 Å². The maximum atomic E-state index is 11.0. The third-order valence-electron chi connectivity index (χ3n) is 2.84. The van der Waals surface area contributed by atoms with E-state index in [0.717, 1.165) is 15.8 Å². The van der Waals surface area contributed by atoms with Crippen LogP contribution in [0.25, 0.3) is 0 Å². The summed E-state index contributed by atoms with van der Waals surface area (Å²) in [6.45, 7) is 2.58. The maximum absolute atomic E-state index is 11.0. The Bertz CT molecular complexity index is 632. The predicted molar refractivity (Wildman–Crippen MR) is 91.0 cm³/mol. The minimum absolute atomic E-state index is 0.120. The van der Waals surface area contributed by atoms with Gasteiger partial charge < -0.3 is 5.32 Å². The van der Waals surface area contributed by atoms with Gasteiger partial charge in [0, 0.05) is 27.7 Å². The van der Waals surface area contributed by atoms with Crippen molar-refractivity contribution in [1.82, 2.24) is 0 Å². The number of hydrogen-bond donors (Lipinski definition) is 1. The molecule has 0 bridgehead atoms. The standard InChI is InChI=1S/C15H15BrN2O2S/c1-2-17-14-9-11(3-8-15(14)18(19)20)10-21-13-6-4-12(16)5-7-13/h3-9,17H,2,10H2,1H3. The van der Waals surface area contributed by atoms with Gasteiger partial charge in [0.15, 0.2) is 0 Å². The van der Waals surface area contributed by atoms with Gasteiger partial charge >= 0.3 is 0 Å². The molecule has 0 saturated carbocycles. The van der Waals surface area contributed by atoms with Crippen LogP contribution in [0.2, 0.25) is 0 Å². The molecule has 0 aliphatic heterocycles. The van der Waals surface area contributed by atoms with Crippen LogP contribution in [0.4, 0.5) is 11.4 Å². The summed E-state index contributed by atoms with van der Waals surface area (Å²) in [5.41, 5.74) is 1.76. The smallest absolute Gasteiger partial charge is 0.292 e. The lowest BCUT2D eigenvalue weighted by molar-refractivity contribution is -0.384. The lowest BCUT2D eigenvalue weighted by atomic mass is 10.2. The third kappa shape index (κ3) is 4.47. The molecule has 2 aromatic carbocycles. The summed E-state index contributed by atoms with van der Waals surface area (Å²) < 4.78 is 1.05. The van der Waals surface area contributed by atoms with Crippen molar-refractivity contribution in [1.29, 1.82) is 0 Å². The molecular weight excluding hydrogens is 352 g/mol. The van der Waals surface area contributed by atoms with Gasteiger partial charge in [-0.25, -0.2) is 0 Å². The first kappa shape index (κ1) is 15.9. The Hall–Kier alpha value is -1.53. The molecule has 0 saturated heterocycles. The number of rotatable bonds is 6. The number of benzene rings is 2. The summed E-state index contributed by atoms with van der Waals surface area (Å²) in [6, 6.07) is 13.3. The van der Waals surface area contributed by atoms with Gasteiger partial charge in [0.1, 0.15) is 5.69 Å². The molecule has 4 nitrogen and oxygen atoms in total. The Balaban J connectivity index is 2.11. The molecule has 1 N–H and O–H groups in total. The SMILES string of the molecule is CCNc1cc(CSc2ccc(Br)cc2)ccc1[N+](=O)[O-]. The summed E-state index contributed by atoms with van der Waals surface area (Å²) >= 11 is 5.11. The highest BCUT2D eigenvalue weighted by atomic mass is 79.9. The van der Waals surface area contributed by atoms with E-state index in [-0.39, 0.29) is 10.6 Å². The summed E-state index contributed by atoms with van der Waals surface area (Å²) in [6.07, 6.45) is 0. The highest BCUT2D eigenvalue weighted by Gasteiger charge is 2.13. The Morgan fingerprint density at radius 2 is 1.95 bits per heavy atom. The minimum Gasteiger partial charge on any atom is -0.380 e. The second-order valence-electron chi connectivity index (χ2n) is 4.38. The minimum atomic E-state index is -0.358. The number of nitro groups is 1. The zero-order chi connectivity index (χ0) is 15.2. The van der Waals surface area contributed by atoms with E-state index in [9.17, 15) is 10.1 Å². The van der Waals surface area contributed by atoms with Crippen molar-refractivity contribution in [3.63, 3.8) is 0 Å². The largest absolute Gasteiger partial charge is 0.380 e. The number of hydrogen-bond acceptors (Lipinski definition) is 4. The molecular formula is C15H15BrN2O2S. The van der Waals surface area contributed by atoms with Gasteiger partial charge in [-0.05, 0) is 42.8 Å². The highest BCUT2D eigenvalue weighted by molar-refractivity contribution is 9.10. The molecule has 0 amide bonds. The monoisotopic (exact) mass is 366 g/mol. The van der Waals surface area contributed by atoms with Crippen LogP contribution >= 0.6 is 27.7 Å². The molecule has 0 fully saturated rings. The maximum Gasteiger partial charge on any atom is 0.292 e. The molecule has 110 valence electrons. The van der Waals surface area contributed by atoms with E-state index in [4.69, 9.17) is 0 Å². The fourth-order valence-electron chi connectivity index (χ4n) is 1.86. The Kier molecular flexibility index (Phi) is 5.64. The van der Waals surface area contributed by atoms with Crippen LogP contribution in [0.5, 0.6) is 0 Å². The number of halogens is 1. The van der Waals surface area contributed by atoms with Gasteiger partial charge in [-0.1, -0.05) is 22.0 Å². The topological polar surface area (TPSA) is 55.2 Å². The Labute approximate surface area is 136 Å². The van der Waals surface area contributed by atoms with E-state index in [2.05, 4.69) is 21.2 Å². The van der Waals surface area contributed by atoms with Crippen molar-refractivity contribution in [3.05, 3.63) is 62.6 Å². The molecule has 0 aromatic heterocycles. The first-order valence-corrected chi connectivity index (χ1v) is 8.27. The lowest BCUT2D eigenvalue weighted by Gasteiger charge is -2.07. The Morgan fingerprint density at radius 3 is 2.57 bits per heavy atom. The van der Waals surface area contributed by atoms with Crippen molar-refractivity contribution in [3.8, 4) is 0 Å². The van der Waals surface area contributed by atoms with Crippen LogP contribution in [-0.2, 0) is 5.75 Å². The molecule has 6 heteroatoms. The van der Waals surface area contributed by atoms with Crippen LogP contribution in [0.15, 0.2) is 51.8 Å². The van der Waals surface area contributed by atoms with Crippen molar-refractivity contribution in [2.24, 2.45) is 0 Å². The summed E-state index contributed by atoms with van der Waals surface area (Å²) in [5, 5.41) is 14.0. The highest BCUT2D eigenvalue weighted by Crippen LogP contribution is 2.29. The van der Waals surface area contributed by atoms with Crippen LogP contribution in [0.3, 0.4) is 0 Å². The van der Waals surface area contributed by atoms with Crippen LogP contribution in [0.1, 0.15) is 12.5 Å². The van der Waals surface area contributed by atoms with Crippen molar-refractivity contribution in [2.75, 3.05) is 11.9 Å². The molecule has 21 heavy (non-hydrogen) atoms. The van der Waals surface area contributed by atoms with E-state index in [0.29, 0.717) is 12.2 Å². The van der Waals surface area contributed by atoms with Crippen molar-refractivity contribution >= 4 is 39.1 Å². The summed E-state index contributed by atoms with van der Waals surface area (Å²) in [4.78, 5) is 11.8. The summed E-state index contributed by atoms with van der Waals surface area (Å²) in [5.74, 6) is 0.776. The van der Waals surface area contributed by atoms with Gasteiger partial charge in [0.25, 0.3) is 5.69 Å². The van der Waals surface area contributed by atoms with Gasteiger partial charge in [0.05, 0.1) is 4.92 Å². The molecule has 0 radical (unpaired) electrons. The molecule has 0 heterocycles. The molecule has 0 aliphatic carbocycles. The third-order valence-corrected chi connectivity index (χ3v) is 4.46. The molecule has 0 aliphatic rings. The molecule has 0 atom stereocenters. The van der Waals surface area contributed by atoms with E-state index < -0.39 is 0 Å². The van der Waals surface area contributed by atoms with Gasteiger partial charge in [-0.2, -0.15) is 0 Å². The van der Waals surface area contributed by atoms with Gasteiger partial charge in [0.2, 0.25) is 0 Å². The van der Waals surface area contributed by atoms with E-state index in [1.54, 1.807) is 17.8 Å². The van der Waals surface area contributed by atoms with Crippen LogP contribution < -0.4 is 5.32 Å². The van der Waals surface area contributed by atoms with E-state index in [1.807, 2.05) is 43.3 Å². The first-order valence-electron chi connectivity index (χ1n) is 6.49.